The fraction of sp³-hybridized carbons (Fsp3) is 0.100. The van der Waals surface area contributed by atoms with Crippen LogP contribution in [0.2, 0.25) is 0 Å². The third kappa shape index (κ3) is 3.92. The number of ether oxygens (including phenoxy) is 1. The van der Waals surface area contributed by atoms with Crippen LogP contribution in [-0.4, -0.2) is 24.3 Å². The van der Waals surface area contributed by atoms with Crippen molar-refractivity contribution in [1.29, 1.82) is 0 Å². The fourth-order valence-electron chi connectivity index (χ4n) is 2.45. The van der Waals surface area contributed by atoms with E-state index in [1.165, 1.54) is 36.3 Å². The quantitative estimate of drug-likeness (QED) is 0.525. The molecule has 2 aromatic carbocycles. The molecule has 0 aliphatic rings. The molecule has 0 aliphatic heterocycles. The second kappa shape index (κ2) is 7.84. The summed E-state index contributed by atoms with van der Waals surface area (Å²) < 4.78 is 4.99. The van der Waals surface area contributed by atoms with Crippen molar-refractivity contribution in [2.45, 2.75) is 6.92 Å². The van der Waals surface area contributed by atoms with Crippen LogP contribution in [0.5, 0.6) is 11.5 Å². The Morgan fingerprint density at radius 2 is 1.96 bits per heavy atom. The topological polar surface area (TPSA) is 70.9 Å². The van der Waals surface area contributed by atoms with Crippen molar-refractivity contribution in [3.05, 3.63) is 69.9 Å². The first-order valence-corrected chi connectivity index (χ1v) is 8.81. The SMILES string of the molecule is COc1ccc(/C=N\NC(=O)c2sccc2-c2ccc(C)cc2)cc1O. The van der Waals surface area contributed by atoms with Crippen LogP contribution in [0.3, 0.4) is 0 Å². The number of hydrazone groups is 1. The highest BCUT2D eigenvalue weighted by atomic mass is 32.1. The highest BCUT2D eigenvalue weighted by molar-refractivity contribution is 7.12. The van der Waals surface area contributed by atoms with E-state index in [-0.39, 0.29) is 11.7 Å². The number of nitrogens with zero attached hydrogens (tertiary/aromatic N) is 1. The zero-order valence-corrected chi connectivity index (χ0v) is 15.2. The predicted octanol–water partition coefficient (Wildman–Crippen LogP) is 4.20. The van der Waals surface area contributed by atoms with Gasteiger partial charge in [0.05, 0.1) is 13.3 Å². The van der Waals surface area contributed by atoms with Crippen molar-refractivity contribution in [1.82, 2.24) is 5.43 Å². The van der Waals surface area contributed by atoms with Gasteiger partial charge in [0, 0.05) is 5.56 Å². The van der Waals surface area contributed by atoms with E-state index in [1.807, 2.05) is 42.6 Å². The third-order valence-electron chi connectivity index (χ3n) is 3.82. The average Bonchev–Trinajstić information content (AvgIpc) is 3.12. The van der Waals surface area contributed by atoms with Gasteiger partial charge in [-0.1, -0.05) is 29.8 Å². The van der Waals surface area contributed by atoms with E-state index in [2.05, 4.69) is 10.5 Å². The molecule has 132 valence electrons. The number of carbonyl (C=O) groups is 1. The molecule has 26 heavy (non-hydrogen) atoms. The lowest BCUT2D eigenvalue weighted by atomic mass is 10.1. The Morgan fingerprint density at radius 1 is 1.19 bits per heavy atom. The van der Waals surface area contributed by atoms with Crippen LogP contribution >= 0.6 is 11.3 Å². The van der Waals surface area contributed by atoms with Gasteiger partial charge in [0.1, 0.15) is 4.88 Å². The Bertz CT molecular complexity index is 946. The molecule has 0 saturated carbocycles. The summed E-state index contributed by atoms with van der Waals surface area (Å²) in [5.41, 5.74) is 6.22. The van der Waals surface area contributed by atoms with E-state index >= 15 is 0 Å². The maximum atomic E-state index is 12.4. The number of phenolic OH excluding ortho intramolecular Hbond substituents is 1. The third-order valence-corrected chi connectivity index (χ3v) is 4.73. The number of aryl methyl sites for hydroxylation is 1. The van der Waals surface area contributed by atoms with Crippen molar-refractivity contribution in [3.63, 3.8) is 0 Å². The minimum absolute atomic E-state index is 0.0164. The van der Waals surface area contributed by atoms with Crippen molar-refractivity contribution >= 4 is 23.5 Å². The molecule has 2 N–H and O–H groups in total. The maximum absolute atomic E-state index is 12.4. The summed E-state index contributed by atoms with van der Waals surface area (Å²) in [6, 6.07) is 14.8. The van der Waals surface area contributed by atoms with Crippen molar-refractivity contribution in [3.8, 4) is 22.6 Å². The number of nitrogens with one attached hydrogen (secondary N) is 1. The van der Waals surface area contributed by atoms with E-state index in [1.54, 1.807) is 12.1 Å². The lowest BCUT2D eigenvalue weighted by molar-refractivity contribution is 0.0960. The molecule has 3 aromatic rings. The monoisotopic (exact) mass is 366 g/mol. The number of amides is 1. The van der Waals surface area contributed by atoms with Gasteiger partial charge in [-0.3, -0.25) is 4.79 Å². The molecule has 0 fully saturated rings. The minimum Gasteiger partial charge on any atom is -0.504 e. The van der Waals surface area contributed by atoms with Gasteiger partial charge in [-0.25, -0.2) is 5.43 Å². The molecule has 0 bridgehead atoms. The van der Waals surface area contributed by atoms with E-state index in [0.29, 0.717) is 16.2 Å². The molecule has 3 rings (SSSR count). The molecule has 0 spiro atoms. The van der Waals surface area contributed by atoms with Gasteiger partial charge in [0.25, 0.3) is 5.91 Å². The maximum Gasteiger partial charge on any atom is 0.282 e. The van der Waals surface area contributed by atoms with E-state index in [4.69, 9.17) is 4.74 Å². The Kier molecular flexibility index (Phi) is 5.34. The van der Waals surface area contributed by atoms with Crippen LogP contribution in [0.15, 0.2) is 59.0 Å². The Morgan fingerprint density at radius 3 is 2.65 bits per heavy atom. The number of phenols is 1. The highest BCUT2D eigenvalue weighted by Crippen LogP contribution is 2.28. The molecular weight excluding hydrogens is 348 g/mol. The van der Waals surface area contributed by atoms with Gasteiger partial charge >= 0.3 is 0 Å². The van der Waals surface area contributed by atoms with Crippen LogP contribution in [-0.2, 0) is 0 Å². The van der Waals surface area contributed by atoms with Crippen LogP contribution in [0.25, 0.3) is 11.1 Å². The van der Waals surface area contributed by atoms with Gasteiger partial charge in [0.15, 0.2) is 11.5 Å². The molecule has 5 nitrogen and oxygen atoms in total. The van der Waals surface area contributed by atoms with E-state index in [0.717, 1.165) is 11.1 Å². The molecule has 0 atom stereocenters. The summed E-state index contributed by atoms with van der Waals surface area (Å²) in [6.45, 7) is 2.02. The molecule has 1 heterocycles. The van der Waals surface area contributed by atoms with Gasteiger partial charge < -0.3 is 9.84 Å². The summed E-state index contributed by atoms with van der Waals surface area (Å²) in [4.78, 5) is 13.0. The van der Waals surface area contributed by atoms with Gasteiger partial charge in [0.2, 0.25) is 0 Å². The number of hydrogen-bond acceptors (Lipinski definition) is 5. The van der Waals surface area contributed by atoms with Crippen LogP contribution in [0, 0.1) is 6.92 Å². The molecule has 0 unspecified atom stereocenters. The lowest BCUT2D eigenvalue weighted by Crippen LogP contribution is -2.17. The molecule has 1 aromatic heterocycles. The summed E-state index contributed by atoms with van der Waals surface area (Å²) in [7, 11) is 1.48. The zero-order chi connectivity index (χ0) is 18.5. The number of benzene rings is 2. The Balaban J connectivity index is 1.72. The number of thiophene rings is 1. The number of hydrogen-bond donors (Lipinski definition) is 2. The van der Waals surface area contributed by atoms with Crippen LogP contribution < -0.4 is 10.2 Å². The lowest BCUT2D eigenvalue weighted by Gasteiger charge is -2.04. The highest BCUT2D eigenvalue weighted by Gasteiger charge is 2.14. The Hall–Kier alpha value is -3.12. The van der Waals surface area contributed by atoms with E-state index < -0.39 is 0 Å². The van der Waals surface area contributed by atoms with Crippen molar-refractivity contribution < 1.29 is 14.6 Å². The average molecular weight is 366 g/mol. The summed E-state index contributed by atoms with van der Waals surface area (Å²) >= 11 is 1.37. The first-order chi connectivity index (χ1) is 12.6. The molecular formula is C20H18N2O3S. The predicted molar refractivity (Wildman–Crippen MR) is 104 cm³/mol. The summed E-state index contributed by atoms with van der Waals surface area (Å²) in [5, 5.41) is 15.6. The van der Waals surface area contributed by atoms with E-state index in [9.17, 15) is 9.90 Å². The number of methoxy groups -OCH3 is 1. The fourth-order valence-corrected chi connectivity index (χ4v) is 3.25. The van der Waals surface area contributed by atoms with Gasteiger partial charge in [-0.15, -0.1) is 11.3 Å². The molecule has 1 amide bonds. The summed E-state index contributed by atoms with van der Waals surface area (Å²) in [5.74, 6) is 0.125. The molecule has 0 aliphatic carbocycles. The van der Waals surface area contributed by atoms with Crippen LogP contribution in [0.1, 0.15) is 20.8 Å². The number of rotatable bonds is 5. The van der Waals surface area contributed by atoms with Crippen LogP contribution in [0.4, 0.5) is 0 Å². The first kappa shape index (κ1) is 17.7. The summed E-state index contributed by atoms with van der Waals surface area (Å²) in [6.07, 6.45) is 1.47. The van der Waals surface area contributed by atoms with Crippen molar-refractivity contribution in [2.75, 3.05) is 7.11 Å². The molecule has 0 radical (unpaired) electrons. The Labute approximate surface area is 155 Å². The minimum atomic E-state index is -0.274. The van der Waals surface area contributed by atoms with Crippen molar-refractivity contribution in [2.24, 2.45) is 5.10 Å². The second-order valence-electron chi connectivity index (χ2n) is 5.66. The standard InChI is InChI=1S/C20H18N2O3S/c1-13-3-6-15(7-4-13)16-9-10-26-19(16)20(24)22-21-12-14-5-8-18(25-2)17(23)11-14/h3-12,23H,1-2H3,(H,22,24)/b21-12-. The van der Waals surface area contributed by atoms with Gasteiger partial charge in [-0.2, -0.15) is 5.10 Å². The normalized spacial score (nSPS) is 10.8. The number of aromatic hydroxyl groups is 1. The smallest absolute Gasteiger partial charge is 0.282 e. The number of carbonyl (C=O) groups excluding carboxylic acids is 1. The zero-order valence-electron chi connectivity index (χ0n) is 14.4. The largest absolute Gasteiger partial charge is 0.504 e. The second-order valence-corrected chi connectivity index (χ2v) is 6.58. The van der Waals surface area contributed by atoms with Gasteiger partial charge in [-0.05, 0) is 47.7 Å². The first-order valence-electron chi connectivity index (χ1n) is 7.93. The molecule has 0 saturated heterocycles. The molecule has 6 heteroatoms.